The van der Waals surface area contributed by atoms with Crippen molar-refractivity contribution in [3.05, 3.63) is 53.0 Å². The van der Waals surface area contributed by atoms with Crippen LogP contribution in [0.3, 0.4) is 0 Å². The maximum atomic E-state index is 11.0. The van der Waals surface area contributed by atoms with Crippen LogP contribution in [0.4, 0.5) is 5.82 Å². The van der Waals surface area contributed by atoms with Gasteiger partial charge in [0.15, 0.2) is 0 Å². The fourth-order valence-electron chi connectivity index (χ4n) is 3.32. The number of primary amides is 2. The van der Waals surface area contributed by atoms with Crippen molar-refractivity contribution >= 4 is 17.6 Å². The van der Waals surface area contributed by atoms with Gasteiger partial charge in [-0.25, -0.2) is 9.97 Å². The van der Waals surface area contributed by atoms with Crippen LogP contribution in [0.1, 0.15) is 84.0 Å². The van der Waals surface area contributed by atoms with Crippen molar-refractivity contribution in [1.82, 2.24) is 9.97 Å². The summed E-state index contributed by atoms with van der Waals surface area (Å²) >= 11 is 0. The van der Waals surface area contributed by atoms with Crippen molar-refractivity contribution in [2.75, 3.05) is 18.0 Å². The Labute approximate surface area is 178 Å². The molecule has 2 aromatic rings. The van der Waals surface area contributed by atoms with E-state index >= 15 is 0 Å². The van der Waals surface area contributed by atoms with Crippen LogP contribution in [0.25, 0.3) is 0 Å². The molecule has 1 aliphatic heterocycles. The lowest BCUT2D eigenvalue weighted by molar-refractivity contribution is 0.0988. The van der Waals surface area contributed by atoms with E-state index in [9.17, 15) is 9.59 Å². The van der Waals surface area contributed by atoms with E-state index in [1.165, 1.54) is 37.7 Å². The quantitative estimate of drug-likeness (QED) is 0.798. The molecule has 2 aliphatic rings. The van der Waals surface area contributed by atoms with E-state index in [0.29, 0.717) is 11.3 Å². The van der Waals surface area contributed by atoms with Crippen molar-refractivity contribution in [3.8, 4) is 0 Å². The van der Waals surface area contributed by atoms with Crippen LogP contribution in [-0.4, -0.2) is 34.9 Å². The van der Waals surface area contributed by atoms with E-state index in [2.05, 4.69) is 14.9 Å². The van der Waals surface area contributed by atoms with Gasteiger partial charge >= 0.3 is 0 Å². The maximum absolute atomic E-state index is 11.0. The summed E-state index contributed by atoms with van der Waals surface area (Å²) in [4.78, 5) is 32.4. The highest BCUT2D eigenvalue weighted by molar-refractivity contribution is 5.92. The molecule has 0 unspecified atom stereocenters. The van der Waals surface area contributed by atoms with Gasteiger partial charge in [-0.2, -0.15) is 0 Å². The largest absolute Gasteiger partial charge is 0.366 e. The Balaban J connectivity index is 0.000000204. The molecule has 1 saturated heterocycles. The number of benzene rings is 1. The van der Waals surface area contributed by atoms with Gasteiger partial charge in [-0.05, 0) is 62.6 Å². The number of rotatable bonds is 4. The minimum atomic E-state index is -0.518. The first kappa shape index (κ1) is 23.3. The third kappa shape index (κ3) is 6.54. The van der Waals surface area contributed by atoms with Crippen molar-refractivity contribution in [2.24, 2.45) is 11.5 Å². The number of hydrogen-bond acceptors (Lipinski definition) is 5. The molecule has 1 saturated carbocycles. The lowest BCUT2D eigenvalue weighted by Gasteiger charge is -2.27. The van der Waals surface area contributed by atoms with Crippen molar-refractivity contribution in [1.29, 1.82) is 0 Å². The number of carbonyl (C=O) groups excluding carboxylic acids is 2. The number of anilines is 1. The first-order chi connectivity index (χ1) is 14.5. The molecule has 0 bridgehead atoms. The summed E-state index contributed by atoms with van der Waals surface area (Å²) in [6, 6.07) is 7.60. The third-order valence-corrected chi connectivity index (χ3v) is 5.09. The Morgan fingerprint density at radius 2 is 1.57 bits per heavy atom. The number of amides is 2. The number of nitrogens with zero attached hydrogens (tertiary/aromatic N) is 3. The normalized spacial score (nSPS) is 15.2. The van der Waals surface area contributed by atoms with Gasteiger partial charge < -0.3 is 16.4 Å². The third-order valence-electron chi connectivity index (χ3n) is 5.09. The number of piperidine rings is 1. The summed E-state index contributed by atoms with van der Waals surface area (Å²) in [6.45, 7) is 7.80. The Hall–Kier alpha value is -2.96. The van der Waals surface area contributed by atoms with E-state index in [4.69, 9.17) is 11.5 Å². The van der Waals surface area contributed by atoms with E-state index < -0.39 is 5.91 Å². The minimum absolute atomic E-state index is 0.265. The molecular weight excluding hydrogens is 378 g/mol. The van der Waals surface area contributed by atoms with Gasteiger partial charge in [0.1, 0.15) is 11.5 Å². The number of aryl methyl sites for hydroxylation is 1. The smallest absolute Gasteiger partial charge is 0.269 e. The highest BCUT2D eigenvalue weighted by atomic mass is 16.1. The Kier molecular flexibility index (Phi) is 8.77. The van der Waals surface area contributed by atoms with Gasteiger partial charge in [-0.15, -0.1) is 0 Å². The molecule has 7 nitrogen and oxygen atoms in total. The molecule has 162 valence electrons. The average molecular weight is 412 g/mol. The van der Waals surface area contributed by atoms with Gasteiger partial charge in [-0.3, -0.25) is 9.59 Å². The molecule has 1 aliphatic carbocycles. The number of aromatic nitrogens is 2. The predicted octanol–water partition coefficient (Wildman–Crippen LogP) is 3.56. The van der Waals surface area contributed by atoms with Gasteiger partial charge in [0.05, 0.1) is 11.9 Å². The molecule has 4 N–H and O–H groups in total. The second-order valence-electron chi connectivity index (χ2n) is 7.33. The fraction of sp³-hybridized carbons (Fsp3) is 0.478. The number of nitrogens with two attached hydrogens (primary N) is 2. The van der Waals surface area contributed by atoms with Crippen molar-refractivity contribution < 1.29 is 9.59 Å². The monoisotopic (exact) mass is 411 g/mol. The van der Waals surface area contributed by atoms with Crippen LogP contribution >= 0.6 is 0 Å². The molecule has 0 spiro atoms. The number of carbonyl (C=O) groups is 2. The molecule has 4 rings (SSSR count). The summed E-state index contributed by atoms with van der Waals surface area (Å²) in [6.07, 6.45) is 7.88. The molecule has 1 aromatic heterocycles. The molecule has 0 atom stereocenters. The van der Waals surface area contributed by atoms with Crippen LogP contribution in [0.2, 0.25) is 0 Å². The topological polar surface area (TPSA) is 115 Å². The second kappa shape index (κ2) is 11.3. The fourth-order valence-corrected chi connectivity index (χ4v) is 3.32. The predicted molar refractivity (Wildman–Crippen MR) is 120 cm³/mol. The van der Waals surface area contributed by atoms with Crippen LogP contribution in [0, 0.1) is 6.92 Å². The summed E-state index contributed by atoms with van der Waals surface area (Å²) in [5, 5.41) is 0. The summed E-state index contributed by atoms with van der Waals surface area (Å²) < 4.78 is 0. The van der Waals surface area contributed by atoms with Gasteiger partial charge in [0, 0.05) is 18.7 Å². The Morgan fingerprint density at radius 3 is 2.03 bits per heavy atom. The molecular formula is C23H33N5O2. The van der Waals surface area contributed by atoms with Crippen LogP contribution in [0.15, 0.2) is 30.5 Å². The molecule has 2 amide bonds. The molecule has 30 heavy (non-hydrogen) atoms. The standard InChI is InChI=1S/C11H16N4O.C10H11NO.C2H6/c1-8-10(11(12)16)13-7-9(14-8)15-5-3-2-4-6-15;11-10(12)9-5-3-8(4-6-9)7-1-2-7;1-2/h7H,2-6H2,1H3,(H2,12,16);3-7H,1-2H2,(H2,11,12);1-2H3. The number of hydrogen-bond donors (Lipinski definition) is 2. The Bertz CT molecular complexity index is 841. The zero-order valence-corrected chi connectivity index (χ0v) is 18.2. The summed E-state index contributed by atoms with van der Waals surface area (Å²) in [5.74, 6) is 0.724. The molecule has 2 fully saturated rings. The van der Waals surface area contributed by atoms with Gasteiger partial charge in [0.2, 0.25) is 5.91 Å². The first-order valence-corrected chi connectivity index (χ1v) is 10.7. The minimum Gasteiger partial charge on any atom is -0.366 e. The molecule has 2 heterocycles. The highest BCUT2D eigenvalue weighted by Gasteiger charge is 2.23. The SMILES string of the molecule is CC.Cc1nc(N2CCCCC2)cnc1C(N)=O.NC(=O)c1ccc(C2CC2)cc1. The van der Waals surface area contributed by atoms with Gasteiger partial charge in [-0.1, -0.05) is 26.0 Å². The first-order valence-electron chi connectivity index (χ1n) is 10.7. The molecule has 7 heteroatoms. The lowest BCUT2D eigenvalue weighted by atomic mass is 10.1. The molecule has 0 radical (unpaired) electrons. The maximum Gasteiger partial charge on any atom is 0.269 e. The van der Waals surface area contributed by atoms with Crippen molar-refractivity contribution in [3.63, 3.8) is 0 Å². The second-order valence-corrected chi connectivity index (χ2v) is 7.33. The summed E-state index contributed by atoms with van der Waals surface area (Å²) in [7, 11) is 0. The lowest BCUT2D eigenvalue weighted by Crippen LogP contribution is -2.30. The molecule has 1 aromatic carbocycles. The van der Waals surface area contributed by atoms with E-state index in [1.807, 2.05) is 26.0 Å². The highest BCUT2D eigenvalue weighted by Crippen LogP contribution is 2.39. The van der Waals surface area contributed by atoms with Crippen LogP contribution < -0.4 is 16.4 Å². The van der Waals surface area contributed by atoms with Crippen LogP contribution in [-0.2, 0) is 0 Å². The van der Waals surface area contributed by atoms with Crippen LogP contribution in [0.5, 0.6) is 0 Å². The van der Waals surface area contributed by atoms with Crippen molar-refractivity contribution in [2.45, 2.75) is 58.8 Å². The zero-order valence-electron chi connectivity index (χ0n) is 18.2. The zero-order chi connectivity index (χ0) is 22.1. The van der Waals surface area contributed by atoms with Gasteiger partial charge in [0.25, 0.3) is 5.91 Å². The van der Waals surface area contributed by atoms with E-state index in [-0.39, 0.29) is 11.6 Å². The average Bonchev–Trinajstić information content (AvgIpc) is 3.61. The van der Waals surface area contributed by atoms with E-state index in [1.54, 1.807) is 25.3 Å². The Morgan fingerprint density at radius 1 is 0.967 bits per heavy atom. The summed E-state index contributed by atoms with van der Waals surface area (Å²) in [5.41, 5.74) is 13.1. The van der Waals surface area contributed by atoms with E-state index in [0.717, 1.165) is 24.8 Å².